The van der Waals surface area contributed by atoms with Crippen LogP contribution in [0.2, 0.25) is 0 Å². The van der Waals surface area contributed by atoms with Crippen LogP contribution in [-0.2, 0) is 9.59 Å². The Balaban J connectivity index is 2.12. The summed E-state index contributed by atoms with van der Waals surface area (Å²) in [6.45, 7) is 0.977. The van der Waals surface area contributed by atoms with Gasteiger partial charge in [-0.15, -0.1) is 0 Å². The number of likely N-dealkylation sites (N-methyl/N-ethyl adjacent to an activating group) is 1. The monoisotopic (exact) mass is 380 g/mol. The summed E-state index contributed by atoms with van der Waals surface area (Å²) in [5.74, 6) is -0.745. The van der Waals surface area contributed by atoms with Gasteiger partial charge in [0.15, 0.2) is 0 Å². The molecule has 1 amide bonds. The van der Waals surface area contributed by atoms with E-state index < -0.39 is 17.7 Å². The van der Waals surface area contributed by atoms with E-state index in [1.54, 1.807) is 43.5 Å². The third-order valence-electron chi connectivity index (χ3n) is 4.81. The van der Waals surface area contributed by atoms with Gasteiger partial charge in [0.05, 0.1) is 18.7 Å². The summed E-state index contributed by atoms with van der Waals surface area (Å²) in [6.07, 6.45) is 0. The van der Waals surface area contributed by atoms with E-state index in [9.17, 15) is 14.7 Å². The van der Waals surface area contributed by atoms with Gasteiger partial charge in [-0.25, -0.2) is 0 Å². The van der Waals surface area contributed by atoms with Gasteiger partial charge in [-0.2, -0.15) is 0 Å². The van der Waals surface area contributed by atoms with Crippen molar-refractivity contribution in [3.8, 4) is 5.75 Å². The van der Waals surface area contributed by atoms with Gasteiger partial charge in [0.25, 0.3) is 11.7 Å². The molecule has 2 aromatic rings. The number of likely N-dealkylation sites (tertiary alicyclic amines) is 1. The Morgan fingerprint density at radius 2 is 1.71 bits per heavy atom. The molecule has 146 valence electrons. The minimum Gasteiger partial charge on any atom is -0.507 e. The number of carbonyl (C=O) groups is 2. The van der Waals surface area contributed by atoms with Gasteiger partial charge in [-0.1, -0.05) is 42.5 Å². The van der Waals surface area contributed by atoms with Crippen LogP contribution < -0.4 is 4.74 Å². The zero-order valence-electron chi connectivity index (χ0n) is 16.3. The third-order valence-corrected chi connectivity index (χ3v) is 4.81. The molecule has 1 atom stereocenters. The molecule has 1 aliphatic rings. The molecule has 2 aromatic carbocycles. The maximum Gasteiger partial charge on any atom is 0.295 e. The van der Waals surface area contributed by atoms with Gasteiger partial charge in [-0.3, -0.25) is 9.59 Å². The molecule has 1 saturated heterocycles. The molecule has 1 fully saturated rings. The molecule has 6 heteroatoms. The van der Waals surface area contributed by atoms with Crippen LogP contribution in [-0.4, -0.2) is 60.9 Å². The minimum atomic E-state index is -0.666. The highest BCUT2D eigenvalue weighted by Gasteiger charge is 2.45. The molecule has 3 rings (SSSR count). The Kier molecular flexibility index (Phi) is 5.80. The molecule has 0 unspecified atom stereocenters. The first-order valence-corrected chi connectivity index (χ1v) is 9.06. The number of ether oxygens (including phenoxy) is 1. The molecule has 0 aromatic heterocycles. The summed E-state index contributed by atoms with van der Waals surface area (Å²) in [5, 5.41) is 10.9. The Bertz CT molecular complexity index is 889. The lowest BCUT2D eigenvalue weighted by molar-refractivity contribution is -0.140. The molecular formula is C22H24N2O4. The normalized spacial score (nSPS) is 18.7. The van der Waals surface area contributed by atoms with Gasteiger partial charge < -0.3 is 19.6 Å². The smallest absolute Gasteiger partial charge is 0.295 e. The van der Waals surface area contributed by atoms with E-state index in [0.29, 0.717) is 24.4 Å². The lowest BCUT2D eigenvalue weighted by Gasteiger charge is -2.26. The van der Waals surface area contributed by atoms with Gasteiger partial charge in [0, 0.05) is 18.7 Å². The topological polar surface area (TPSA) is 70.1 Å². The SMILES string of the molecule is COc1ccc([C@H]2C(=C(O)c3ccccc3)C(=O)C(=O)N2CCN(C)C)cc1. The van der Waals surface area contributed by atoms with Crippen LogP contribution in [0, 0.1) is 0 Å². The predicted octanol–water partition coefficient (Wildman–Crippen LogP) is 2.68. The number of Topliss-reactive ketones (excluding diaryl/α,β-unsaturated/α-hetero) is 1. The second-order valence-corrected chi connectivity index (χ2v) is 6.93. The molecule has 0 aliphatic carbocycles. The number of ketones is 1. The zero-order valence-corrected chi connectivity index (χ0v) is 16.3. The highest BCUT2D eigenvalue weighted by molar-refractivity contribution is 6.46. The molecule has 1 N–H and O–H groups in total. The van der Waals surface area contributed by atoms with Gasteiger partial charge in [0.1, 0.15) is 11.5 Å². The van der Waals surface area contributed by atoms with Gasteiger partial charge in [0.2, 0.25) is 0 Å². The average Bonchev–Trinajstić information content (AvgIpc) is 2.97. The Labute approximate surface area is 164 Å². The number of benzene rings is 2. The van der Waals surface area contributed by atoms with Crippen molar-refractivity contribution in [2.24, 2.45) is 0 Å². The van der Waals surface area contributed by atoms with Crippen LogP contribution in [0.3, 0.4) is 0 Å². The Morgan fingerprint density at radius 3 is 2.29 bits per heavy atom. The Morgan fingerprint density at radius 1 is 1.07 bits per heavy atom. The van der Waals surface area contributed by atoms with Crippen molar-refractivity contribution < 1.29 is 19.4 Å². The van der Waals surface area contributed by atoms with E-state index in [-0.39, 0.29) is 11.3 Å². The maximum absolute atomic E-state index is 12.8. The third kappa shape index (κ3) is 3.77. The second kappa shape index (κ2) is 8.27. The first-order chi connectivity index (χ1) is 13.4. The summed E-state index contributed by atoms with van der Waals surface area (Å²) >= 11 is 0. The Hall–Kier alpha value is -3.12. The van der Waals surface area contributed by atoms with Gasteiger partial charge in [-0.05, 0) is 31.8 Å². The molecular weight excluding hydrogens is 356 g/mol. The standard InChI is InChI=1S/C22H24N2O4/c1-23(2)13-14-24-19(15-9-11-17(28-3)12-10-15)18(21(26)22(24)27)20(25)16-7-5-4-6-8-16/h4-12,19,25H,13-14H2,1-3H3/t19-/m0/s1. The predicted molar refractivity (Wildman–Crippen MR) is 107 cm³/mol. The first-order valence-electron chi connectivity index (χ1n) is 9.06. The highest BCUT2D eigenvalue weighted by atomic mass is 16.5. The fourth-order valence-electron chi connectivity index (χ4n) is 3.30. The van der Waals surface area contributed by atoms with Crippen LogP contribution in [0.1, 0.15) is 17.2 Å². The van der Waals surface area contributed by atoms with Crippen molar-refractivity contribution >= 4 is 17.4 Å². The average molecular weight is 380 g/mol. The zero-order chi connectivity index (χ0) is 20.3. The quantitative estimate of drug-likeness (QED) is 0.474. The second-order valence-electron chi connectivity index (χ2n) is 6.93. The lowest BCUT2D eigenvalue weighted by atomic mass is 9.95. The number of nitrogens with zero attached hydrogens (tertiary/aromatic N) is 2. The number of hydrogen-bond donors (Lipinski definition) is 1. The molecule has 6 nitrogen and oxygen atoms in total. The van der Waals surface area contributed by atoms with E-state index in [2.05, 4.69) is 0 Å². The van der Waals surface area contributed by atoms with Crippen molar-refractivity contribution in [2.45, 2.75) is 6.04 Å². The summed E-state index contributed by atoms with van der Waals surface area (Å²) in [6, 6.07) is 15.4. The van der Waals surface area contributed by atoms with E-state index in [1.165, 1.54) is 4.90 Å². The first kappa shape index (κ1) is 19.6. The van der Waals surface area contributed by atoms with E-state index in [1.807, 2.05) is 37.2 Å². The number of amides is 1. The fraction of sp³-hybridized carbons (Fsp3) is 0.273. The molecule has 0 radical (unpaired) electrons. The largest absolute Gasteiger partial charge is 0.507 e. The number of rotatable bonds is 6. The van der Waals surface area contributed by atoms with Crippen molar-refractivity contribution in [3.63, 3.8) is 0 Å². The van der Waals surface area contributed by atoms with E-state index in [4.69, 9.17) is 4.74 Å². The number of hydrogen-bond acceptors (Lipinski definition) is 5. The van der Waals surface area contributed by atoms with E-state index >= 15 is 0 Å². The minimum absolute atomic E-state index is 0.111. The summed E-state index contributed by atoms with van der Waals surface area (Å²) in [4.78, 5) is 29.1. The fourth-order valence-corrected chi connectivity index (χ4v) is 3.30. The van der Waals surface area contributed by atoms with Crippen molar-refractivity contribution in [3.05, 3.63) is 71.3 Å². The number of aliphatic hydroxyl groups is 1. The molecule has 28 heavy (non-hydrogen) atoms. The van der Waals surface area contributed by atoms with Crippen molar-refractivity contribution in [1.29, 1.82) is 0 Å². The van der Waals surface area contributed by atoms with Gasteiger partial charge >= 0.3 is 0 Å². The van der Waals surface area contributed by atoms with Crippen LogP contribution >= 0.6 is 0 Å². The lowest BCUT2D eigenvalue weighted by Crippen LogP contribution is -2.35. The molecule has 1 aliphatic heterocycles. The summed E-state index contributed by atoms with van der Waals surface area (Å²) in [5.41, 5.74) is 1.36. The molecule has 0 spiro atoms. The van der Waals surface area contributed by atoms with Crippen molar-refractivity contribution in [1.82, 2.24) is 9.80 Å². The van der Waals surface area contributed by atoms with Crippen LogP contribution in [0.15, 0.2) is 60.2 Å². The number of methoxy groups -OCH3 is 1. The van der Waals surface area contributed by atoms with Crippen LogP contribution in [0.5, 0.6) is 5.75 Å². The van der Waals surface area contributed by atoms with Crippen LogP contribution in [0.4, 0.5) is 0 Å². The molecule has 0 bridgehead atoms. The van der Waals surface area contributed by atoms with Crippen LogP contribution in [0.25, 0.3) is 5.76 Å². The maximum atomic E-state index is 12.8. The summed E-state index contributed by atoms with van der Waals surface area (Å²) < 4.78 is 5.21. The summed E-state index contributed by atoms with van der Waals surface area (Å²) in [7, 11) is 5.39. The van der Waals surface area contributed by atoms with Crippen molar-refractivity contribution in [2.75, 3.05) is 34.3 Å². The van der Waals surface area contributed by atoms with E-state index in [0.717, 1.165) is 5.56 Å². The number of aliphatic hydroxyl groups excluding tert-OH is 1. The number of carbonyl (C=O) groups excluding carboxylic acids is 2. The molecule has 0 saturated carbocycles. The highest BCUT2D eigenvalue weighted by Crippen LogP contribution is 2.39. The molecule has 1 heterocycles.